The molecule has 0 amide bonds. The number of esters is 7. The van der Waals surface area contributed by atoms with Crippen LogP contribution in [0.3, 0.4) is 0 Å². The van der Waals surface area contributed by atoms with Gasteiger partial charge in [0.2, 0.25) is 0 Å². The van der Waals surface area contributed by atoms with Crippen LogP contribution in [-0.2, 0) is 66.7 Å². The predicted octanol–water partition coefficient (Wildman–Crippen LogP) is 23.0. The Labute approximate surface area is 665 Å². The molecule has 110 heavy (non-hydrogen) atoms. The zero-order chi connectivity index (χ0) is 81.8. The molecule has 1 unspecified atom stereocenters. The van der Waals surface area contributed by atoms with E-state index in [1.54, 1.807) is 48.5 Å². The molecule has 0 spiro atoms. The van der Waals surface area contributed by atoms with Crippen LogP contribution in [0.5, 0.6) is 0 Å². The predicted molar refractivity (Wildman–Crippen MR) is 439 cm³/mol. The van der Waals surface area contributed by atoms with Gasteiger partial charge >= 0.3 is 41.8 Å². The second-order valence-electron chi connectivity index (χ2n) is 41.0. The lowest BCUT2D eigenvalue weighted by atomic mass is 9.45. The molecule has 18 aliphatic carbocycles. The standard InChI is InChI=1S/C18H28O2.2C17H26O2.C15H22O2.C11H18O2.C10H16O2.C8H14O2/c1-5-17(4,20-16(19)12(2)3)18-9-13-6-14(10-18)8-15(7-13)11-18;1-11(2)15(18)19-16(3,4)17-8-12-5-13(9-17)7-14(6-12)10-17;1-10(2)16(18)19-17(11(3)4)14-6-12-5-13(8-14)9-15(17)7-12;1-9(2)14(16)17-15(3)12-5-10-4-11(7-12)8-13(15)6-10;1-4-11(7-5-6-8-11)13-10(12)9(2)3;1-8(2)9(11)12-10(3)6-4-5-7-10;1-6(2)7(9)10-8(3,4)5/h13-15H,2,5-11H2,1,3-4H3;12-14H,1,5-10H2,2-4H3;11-15H,1,5-9H2,2-4H3;10-13H,1,4-8H2,2-3H3;2,4-8H2,1,3H3;1,4-7H2,2-3H3;1H2,2-5H3. The first-order chi connectivity index (χ1) is 51.1. The minimum absolute atomic E-state index is 0.171. The van der Waals surface area contributed by atoms with Crippen LogP contribution in [0.25, 0.3) is 0 Å². The van der Waals surface area contributed by atoms with E-state index in [-0.39, 0.29) is 86.2 Å². The Morgan fingerprint density at radius 2 is 0.645 bits per heavy atom. The third-order valence-corrected chi connectivity index (χ3v) is 29.8. The molecule has 0 aromatic rings. The van der Waals surface area contributed by atoms with Crippen LogP contribution >= 0.6 is 0 Å². The fourth-order valence-electron chi connectivity index (χ4n) is 24.6. The van der Waals surface area contributed by atoms with Gasteiger partial charge in [0.15, 0.2) is 0 Å². The molecule has 0 aromatic heterocycles. The highest BCUT2D eigenvalue weighted by atomic mass is 16.6. The molecule has 1 atom stereocenters. The maximum absolute atomic E-state index is 12.1. The Hall–Kier alpha value is -5.53. The van der Waals surface area contributed by atoms with Gasteiger partial charge in [-0.25, -0.2) is 33.6 Å². The van der Waals surface area contributed by atoms with Crippen molar-refractivity contribution in [3.63, 3.8) is 0 Å². The zero-order valence-electron chi connectivity index (χ0n) is 72.5. The first kappa shape index (κ1) is 90.0. The van der Waals surface area contributed by atoms with Gasteiger partial charge in [-0.2, -0.15) is 0 Å². The molecule has 18 saturated carbocycles. The molecular formula is C96H150O14. The topological polar surface area (TPSA) is 184 Å². The molecule has 0 aliphatic heterocycles. The van der Waals surface area contributed by atoms with E-state index >= 15 is 0 Å². The second-order valence-corrected chi connectivity index (χ2v) is 41.0. The Bertz CT molecular complexity index is 3290. The smallest absolute Gasteiger partial charge is 0.333 e. The molecule has 618 valence electrons. The van der Waals surface area contributed by atoms with Crippen LogP contribution in [-0.4, -0.2) is 81.0 Å². The minimum atomic E-state index is -0.407. The number of rotatable bonds is 18. The zero-order valence-corrected chi connectivity index (χ0v) is 72.5. The number of hydrogen-bond donors (Lipinski definition) is 0. The van der Waals surface area contributed by atoms with Crippen molar-refractivity contribution in [1.29, 1.82) is 0 Å². The maximum Gasteiger partial charge on any atom is 0.333 e. The molecule has 18 aliphatic rings. The van der Waals surface area contributed by atoms with Gasteiger partial charge in [0.05, 0.1) is 0 Å². The summed E-state index contributed by atoms with van der Waals surface area (Å²) in [7, 11) is 0. The van der Waals surface area contributed by atoms with Gasteiger partial charge in [0, 0.05) is 49.8 Å². The minimum Gasteiger partial charge on any atom is -0.457 e. The molecule has 18 rings (SSSR count). The summed E-state index contributed by atoms with van der Waals surface area (Å²) >= 11 is 0. The lowest BCUT2D eigenvalue weighted by Crippen LogP contribution is -2.62. The van der Waals surface area contributed by atoms with Crippen molar-refractivity contribution in [1.82, 2.24) is 0 Å². The van der Waals surface area contributed by atoms with E-state index < -0.39 is 5.60 Å². The average Bonchev–Trinajstić information content (AvgIpc) is 0.945. The average molecular weight is 1530 g/mol. The molecule has 14 heteroatoms. The lowest BCUT2D eigenvalue weighted by Gasteiger charge is -2.62. The van der Waals surface area contributed by atoms with E-state index in [1.807, 2.05) is 27.7 Å². The fraction of sp³-hybridized carbons (Fsp3) is 0.781. The van der Waals surface area contributed by atoms with Crippen LogP contribution in [0.2, 0.25) is 0 Å². The lowest BCUT2D eigenvalue weighted by molar-refractivity contribution is -0.221. The highest BCUT2D eigenvalue weighted by molar-refractivity contribution is 5.90. The third kappa shape index (κ3) is 21.1. The summed E-state index contributed by atoms with van der Waals surface area (Å²) in [5, 5.41) is 0. The van der Waals surface area contributed by atoms with Crippen LogP contribution in [0.15, 0.2) is 85.1 Å². The van der Waals surface area contributed by atoms with Crippen molar-refractivity contribution < 1.29 is 66.7 Å². The van der Waals surface area contributed by atoms with Crippen molar-refractivity contribution in [3.05, 3.63) is 85.1 Å². The van der Waals surface area contributed by atoms with E-state index in [1.165, 1.54) is 167 Å². The fourth-order valence-corrected chi connectivity index (χ4v) is 24.6. The second kappa shape index (κ2) is 35.7. The Kier molecular flexibility index (Phi) is 29.2. The summed E-state index contributed by atoms with van der Waals surface area (Å²) in [5.41, 5.74) is 2.14. The van der Waals surface area contributed by atoms with E-state index in [4.69, 9.17) is 33.2 Å². The van der Waals surface area contributed by atoms with E-state index in [0.29, 0.717) is 68.6 Å². The summed E-state index contributed by atoms with van der Waals surface area (Å²) < 4.78 is 39.5. The molecule has 0 radical (unpaired) electrons. The van der Waals surface area contributed by atoms with Crippen molar-refractivity contribution in [2.24, 2.45) is 99.6 Å². The molecular weight excluding hydrogens is 1380 g/mol. The molecule has 0 heterocycles. The summed E-state index contributed by atoms with van der Waals surface area (Å²) in [6, 6.07) is 0. The van der Waals surface area contributed by atoms with Gasteiger partial charge in [0.1, 0.15) is 39.2 Å². The normalized spacial score (nSPS) is 34.8. The summed E-state index contributed by atoms with van der Waals surface area (Å²) in [6.45, 7) is 62.3. The van der Waals surface area contributed by atoms with Crippen LogP contribution in [0.4, 0.5) is 0 Å². The van der Waals surface area contributed by atoms with Gasteiger partial charge in [0.25, 0.3) is 0 Å². The third-order valence-electron chi connectivity index (χ3n) is 29.8. The molecule has 0 saturated heterocycles. The SMILES string of the molecule is C=C(C)C(=O)OC(C)(C)C.C=C(C)C(=O)OC(C)(C)C12CC3CC(CC(C3)C1)C2.C=C(C)C(=O)OC(C)(CC)C12CC3CC(CC(C3)C1)C2.C=C(C)C(=O)OC1(C(C)C)C2CC3CC(C2)CC1C3.C=C(C)C(=O)OC1(C)C2CC3CC(C2)CC1C3.C=C(C)C(=O)OC1(C)CCCC1.C=C(C)C(=O)OC1(CC)CCCC1. The quantitative estimate of drug-likeness (QED) is 0.0717. The van der Waals surface area contributed by atoms with E-state index in [0.717, 1.165) is 97.7 Å². The Balaban J connectivity index is 0.000000163. The molecule has 14 nitrogen and oxygen atoms in total. The number of ether oxygens (including phenoxy) is 7. The van der Waals surface area contributed by atoms with Gasteiger partial charge < -0.3 is 33.2 Å². The number of carbonyl (C=O) groups is 7. The summed E-state index contributed by atoms with van der Waals surface area (Å²) in [4.78, 5) is 81.3. The Morgan fingerprint density at radius 1 is 0.355 bits per heavy atom. The van der Waals surface area contributed by atoms with Crippen LogP contribution in [0, 0.1) is 99.6 Å². The first-order valence-electron chi connectivity index (χ1n) is 43.3. The molecule has 16 bridgehead atoms. The van der Waals surface area contributed by atoms with E-state index in [2.05, 4.69) is 101 Å². The van der Waals surface area contributed by atoms with Crippen molar-refractivity contribution >= 4 is 41.8 Å². The highest BCUT2D eigenvalue weighted by Crippen LogP contribution is 2.67. The maximum atomic E-state index is 12.1. The summed E-state index contributed by atoms with van der Waals surface area (Å²) in [6.07, 6.45) is 39.7. The van der Waals surface area contributed by atoms with Gasteiger partial charge in [-0.1, -0.05) is 73.7 Å². The van der Waals surface area contributed by atoms with Crippen LogP contribution in [0.1, 0.15) is 337 Å². The summed E-state index contributed by atoms with van der Waals surface area (Å²) in [5.74, 6) is 10.1. The van der Waals surface area contributed by atoms with Crippen molar-refractivity contribution in [2.75, 3.05) is 0 Å². The number of hydrogen-bond acceptors (Lipinski definition) is 14. The number of carbonyl (C=O) groups excluding carboxylic acids is 7. The highest BCUT2D eigenvalue weighted by Gasteiger charge is 2.64. The first-order valence-corrected chi connectivity index (χ1v) is 43.3. The van der Waals surface area contributed by atoms with Gasteiger partial charge in [-0.15, -0.1) is 0 Å². The monoisotopic (exact) mass is 1530 g/mol. The van der Waals surface area contributed by atoms with Gasteiger partial charge in [-0.3, -0.25) is 0 Å². The van der Waals surface area contributed by atoms with E-state index in [9.17, 15) is 33.6 Å². The van der Waals surface area contributed by atoms with Crippen molar-refractivity contribution in [2.45, 2.75) is 376 Å². The largest absolute Gasteiger partial charge is 0.457 e. The molecule has 0 aromatic carbocycles. The molecule has 18 fully saturated rings. The Morgan fingerprint density at radius 3 is 0.964 bits per heavy atom. The van der Waals surface area contributed by atoms with Crippen LogP contribution < -0.4 is 0 Å². The van der Waals surface area contributed by atoms with Crippen molar-refractivity contribution in [3.8, 4) is 0 Å². The van der Waals surface area contributed by atoms with Gasteiger partial charge in [-0.05, 0) is 398 Å². The molecule has 0 N–H and O–H groups in total.